The summed E-state index contributed by atoms with van der Waals surface area (Å²) in [6.45, 7) is 4.81. The van der Waals surface area contributed by atoms with E-state index in [-0.39, 0.29) is 12.0 Å². The van der Waals surface area contributed by atoms with E-state index in [1.54, 1.807) is 12.5 Å². The fraction of sp³-hybridized carbons (Fsp3) is 0.545. The van der Waals surface area contributed by atoms with E-state index in [9.17, 15) is 4.79 Å². The summed E-state index contributed by atoms with van der Waals surface area (Å²) in [7, 11) is 0. The van der Waals surface area contributed by atoms with E-state index in [2.05, 4.69) is 9.88 Å². The number of hydrogen-bond donors (Lipinski definition) is 0. The number of furan rings is 1. The number of likely N-dealkylation sites (tertiary alicyclic amines) is 2. The first kappa shape index (κ1) is 19.2. The molecule has 0 radical (unpaired) electrons. The largest absolute Gasteiger partial charge is 0.468 e. The van der Waals surface area contributed by atoms with Crippen molar-refractivity contribution in [2.75, 3.05) is 26.2 Å². The minimum absolute atomic E-state index is 0.110. The van der Waals surface area contributed by atoms with E-state index >= 15 is 0 Å². The molecule has 2 aliphatic rings. The smallest absolute Gasteiger partial charge is 0.225 e. The van der Waals surface area contributed by atoms with Crippen LogP contribution in [-0.2, 0) is 22.7 Å². The van der Waals surface area contributed by atoms with E-state index < -0.39 is 0 Å². The molecule has 2 aliphatic heterocycles. The van der Waals surface area contributed by atoms with Crippen molar-refractivity contribution in [3.8, 4) is 0 Å². The molecule has 1 amide bonds. The average molecular weight is 383 g/mol. The Bertz CT molecular complexity index is 727. The van der Waals surface area contributed by atoms with Crippen LogP contribution < -0.4 is 0 Å². The number of hydrogen-bond acceptors (Lipinski definition) is 5. The van der Waals surface area contributed by atoms with Gasteiger partial charge in [-0.2, -0.15) is 0 Å². The van der Waals surface area contributed by atoms with Crippen molar-refractivity contribution >= 4 is 5.91 Å². The van der Waals surface area contributed by atoms with Gasteiger partial charge >= 0.3 is 0 Å². The Morgan fingerprint density at radius 3 is 2.79 bits per heavy atom. The quantitative estimate of drug-likeness (QED) is 0.767. The fourth-order valence-electron chi connectivity index (χ4n) is 4.18. The summed E-state index contributed by atoms with van der Waals surface area (Å²) >= 11 is 0. The first-order valence-electron chi connectivity index (χ1n) is 10.3. The van der Waals surface area contributed by atoms with Gasteiger partial charge in [-0.25, -0.2) is 0 Å². The zero-order valence-electron chi connectivity index (χ0n) is 16.3. The molecule has 0 bridgehead atoms. The topological polar surface area (TPSA) is 58.8 Å². The molecule has 0 saturated carbocycles. The van der Waals surface area contributed by atoms with Gasteiger partial charge in [0.1, 0.15) is 5.76 Å². The van der Waals surface area contributed by atoms with Gasteiger partial charge in [0.2, 0.25) is 5.91 Å². The molecular formula is C22H29N3O3. The van der Waals surface area contributed by atoms with E-state index in [1.165, 1.54) is 0 Å². The Balaban J connectivity index is 1.23. The maximum Gasteiger partial charge on any atom is 0.225 e. The van der Waals surface area contributed by atoms with Crippen molar-refractivity contribution in [3.05, 3.63) is 54.2 Å². The standard InChI is InChI=1S/C22H29N3O3/c26-22(18-8-12-24(13-9-18)15-20-7-4-14-27-20)25-11-3-6-21(16-25)28-17-19-5-1-2-10-23-19/h1-2,4-5,7,10,14,18,21H,3,6,8-9,11-13,15-17H2/t21-/m1/s1. The molecule has 0 unspecified atom stereocenters. The third kappa shape index (κ3) is 5.00. The molecule has 2 saturated heterocycles. The third-order valence-corrected chi connectivity index (χ3v) is 5.78. The van der Waals surface area contributed by atoms with Crippen LogP contribution in [0.1, 0.15) is 37.1 Å². The van der Waals surface area contributed by atoms with Gasteiger partial charge < -0.3 is 14.1 Å². The predicted molar refractivity (Wildman–Crippen MR) is 105 cm³/mol. The number of nitrogens with zero attached hydrogens (tertiary/aromatic N) is 3. The molecule has 0 aromatic carbocycles. The number of carbonyl (C=O) groups is 1. The minimum Gasteiger partial charge on any atom is -0.468 e. The van der Waals surface area contributed by atoms with Crippen molar-refractivity contribution < 1.29 is 13.9 Å². The van der Waals surface area contributed by atoms with E-state index in [1.807, 2.05) is 35.2 Å². The molecule has 4 rings (SSSR count). The van der Waals surface area contributed by atoms with Crippen molar-refractivity contribution in [1.29, 1.82) is 0 Å². The SMILES string of the molecule is O=C(C1CCN(Cc2ccco2)CC1)N1CCC[C@@H](OCc2ccccn2)C1. The average Bonchev–Trinajstić information content (AvgIpc) is 3.26. The minimum atomic E-state index is 0.110. The number of amides is 1. The van der Waals surface area contributed by atoms with Crippen LogP contribution in [0.2, 0.25) is 0 Å². The van der Waals surface area contributed by atoms with Crippen molar-refractivity contribution in [2.45, 2.75) is 44.9 Å². The predicted octanol–water partition coefficient (Wildman–Crippen LogP) is 3.09. The lowest BCUT2D eigenvalue weighted by atomic mass is 9.94. The van der Waals surface area contributed by atoms with Crippen LogP contribution in [0.25, 0.3) is 0 Å². The number of aromatic nitrogens is 1. The lowest BCUT2D eigenvalue weighted by molar-refractivity contribution is -0.141. The van der Waals surface area contributed by atoms with Gasteiger partial charge in [-0.1, -0.05) is 6.07 Å². The first-order chi connectivity index (χ1) is 13.8. The maximum atomic E-state index is 13.0. The summed E-state index contributed by atoms with van der Waals surface area (Å²) in [4.78, 5) is 21.7. The normalized spacial score (nSPS) is 21.7. The van der Waals surface area contributed by atoms with Gasteiger partial charge in [-0.05, 0) is 63.0 Å². The summed E-state index contributed by atoms with van der Waals surface area (Å²) < 4.78 is 11.5. The second-order valence-electron chi connectivity index (χ2n) is 7.81. The molecule has 6 heteroatoms. The van der Waals surface area contributed by atoms with Crippen molar-refractivity contribution in [2.24, 2.45) is 5.92 Å². The molecule has 28 heavy (non-hydrogen) atoms. The van der Waals surface area contributed by atoms with Crippen LogP contribution >= 0.6 is 0 Å². The van der Waals surface area contributed by atoms with Crippen LogP contribution in [0.3, 0.4) is 0 Å². The Hall–Kier alpha value is -2.18. The third-order valence-electron chi connectivity index (χ3n) is 5.78. The van der Waals surface area contributed by atoms with Gasteiger partial charge in [0.15, 0.2) is 0 Å². The lowest BCUT2D eigenvalue weighted by Gasteiger charge is -2.37. The Morgan fingerprint density at radius 1 is 1.14 bits per heavy atom. The molecule has 6 nitrogen and oxygen atoms in total. The molecule has 4 heterocycles. The van der Waals surface area contributed by atoms with Gasteiger partial charge in [0.25, 0.3) is 0 Å². The molecule has 150 valence electrons. The number of piperidine rings is 2. The fourth-order valence-corrected chi connectivity index (χ4v) is 4.18. The van der Waals surface area contributed by atoms with Gasteiger partial charge in [-0.15, -0.1) is 0 Å². The zero-order valence-corrected chi connectivity index (χ0v) is 16.3. The van der Waals surface area contributed by atoms with Gasteiger partial charge in [-0.3, -0.25) is 14.7 Å². The van der Waals surface area contributed by atoms with Gasteiger partial charge in [0, 0.05) is 25.2 Å². The highest BCUT2D eigenvalue weighted by Gasteiger charge is 2.31. The zero-order chi connectivity index (χ0) is 19.2. The number of carbonyl (C=O) groups excluding carboxylic acids is 1. The number of rotatable bonds is 6. The van der Waals surface area contributed by atoms with Crippen LogP contribution in [-0.4, -0.2) is 53.0 Å². The first-order valence-corrected chi connectivity index (χ1v) is 10.3. The molecule has 2 fully saturated rings. The molecule has 2 aromatic heterocycles. The number of ether oxygens (including phenoxy) is 1. The molecule has 1 atom stereocenters. The highest BCUT2D eigenvalue weighted by atomic mass is 16.5. The van der Waals surface area contributed by atoms with Gasteiger partial charge in [0.05, 0.1) is 31.2 Å². The second kappa shape index (κ2) is 9.34. The summed E-state index contributed by atoms with van der Waals surface area (Å²) in [5, 5.41) is 0. The van der Waals surface area contributed by atoms with Crippen LogP contribution in [0.5, 0.6) is 0 Å². The summed E-state index contributed by atoms with van der Waals surface area (Å²) in [6, 6.07) is 9.79. The lowest BCUT2D eigenvalue weighted by Crippen LogP contribution is -2.48. The molecule has 0 N–H and O–H groups in total. The second-order valence-corrected chi connectivity index (χ2v) is 7.81. The summed E-state index contributed by atoms with van der Waals surface area (Å²) in [6.07, 6.45) is 7.49. The maximum absolute atomic E-state index is 13.0. The van der Waals surface area contributed by atoms with E-state index in [0.29, 0.717) is 19.1 Å². The Kier molecular flexibility index (Phi) is 6.39. The molecular weight excluding hydrogens is 354 g/mol. The van der Waals surface area contributed by atoms with E-state index in [4.69, 9.17) is 9.15 Å². The summed E-state index contributed by atoms with van der Waals surface area (Å²) in [5.74, 6) is 1.44. The van der Waals surface area contributed by atoms with Crippen molar-refractivity contribution in [1.82, 2.24) is 14.8 Å². The van der Waals surface area contributed by atoms with Crippen LogP contribution in [0.15, 0.2) is 47.2 Å². The van der Waals surface area contributed by atoms with E-state index in [0.717, 1.165) is 63.3 Å². The number of pyridine rings is 1. The Labute approximate surface area is 166 Å². The van der Waals surface area contributed by atoms with Crippen molar-refractivity contribution in [3.63, 3.8) is 0 Å². The van der Waals surface area contributed by atoms with Crippen LogP contribution in [0, 0.1) is 5.92 Å². The molecule has 0 aliphatic carbocycles. The highest BCUT2D eigenvalue weighted by Crippen LogP contribution is 2.24. The van der Waals surface area contributed by atoms with Crippen LogP contribution in [0.4, 0.5) is 0 Å². The Morgan fingerprint density at radius 2 is 2.04 bits per heavy atom. The highest BCUT2D eigenvalue weighted by molar-refractivity contribution is 5.79. The molecule has 2 aromatic rings. The molecule has 0 spiro atoms. The summed E-state index contributed by atoms with van der Waals surface area (Å²) in [5.41, 5.74) is 0.940. The monoisotopic (exact) mass is 383 g/mol.